The van der Waals surface area contributed by atoms with Gasteiger partial charge in [0, 0.05) is 43.0 Å². The number of carboxylic acids is 1. The van der Waals surface area contributed by atoms with Crippen molar-refractivity contribution in [2.45, 2.75) is 52.5 Å². The van der Waals surface area contributed by atoms with Gasteiger partial charge in [-0.15, -0.1) is 22.7 Å². The Labute approximate surface area is 220 Å². The Bertz CT molecular complexity index is 1550. The Morgan fingerprint density at radius 2 is 1.72 bits per heavy atom. The lowest BCUT2D eigenvalue weighted by Crippen LogP contribution is -1.92. The monoisotopic (exact) mass is 513 g/mol. The van der Waals surface area contributed by atoms with Crippen LogP contribution in [0.5, 0.6) is 0 Å². The number of aryl methyl sites for hydroxylation is 2. The summed E-state index contributed by atoms with van der Waals surface area (Å²) in [7, 11) is 0. The summed E-state index contributed by atoms with van der Waals surface area (Å²) in [5, 5.41) is 11.9. The molecule has 0 saturated carbocycles. The second-order valence-electron chi connectivity index (χ2n) is 9.14. The van der Waals surface area contributed by atoms with Crippen molar-refractivity contribution in [2.24, 2.45) is 0 Å². The highest BCUT2D eigenvalue weighted by Gasteiger charge is 2.14. The van der Waals surface area contributed by atoms with Gasteiger partial charge in [0.25, 0.3) is 0 Å². The van der Waals surface area contributed by atoms with Gasteiger partial charge < -0.3 is 9.67 Å². The van der Waals surface area contributed by atoms with Crippen LogP contribution in [0.3, 0.4) is 0 Å². The van der Waals surface area contributed by atoms with E-state index in [1.54, 1.807) is 6.07 Å². The molecule has 3 nitrogen and oxygen atoms in total. The van der Waals surface area contributed by atoms with Crippen molar-refractivity contribution in [1.82, 2.24) is 4.57 Å². The summed E-state index contributed by atoms with van der Waals surface area (Å²) in [4.78, 5) is 15.1. The van der Waals surface area contributed by atoms with Crippen LogP contribution in [0, 0.1) is 0 Å². The standard InChI is InChI=1S/C31H31NO2S2/c1-3-5-6-7-10-21-20-30(36-28(21)17-14-23-15-18-29(35-23)31(33)34)22-13-16-27-25(19-22)24-11-8-9-12-26(24)32(27)4-2/h8-9,11-20H,3-7,10H2,1-2H3,(H,33,34)/b17-14+. The van der Waals surface area contributed by atoms with Crippen LogP contribution in [-0.2, 0) is 13.0 Å². The van der Waals surface area contributed by atoms with Crippen molar-refractivity contribution in [2.75, 3.05) is 0 Å². The van der Waals surface area contributed by atoms with Crippen LogP contribution in [0.25, 0.3) is 44.4 Å². The first-order valence-corrected chi connectivity index (χ1v) is 14.4. The molecule has 184 valence electrons. The molecule has 0 bridgehead atoms. The maximum Gasteiger partial charge on any atom is 0.345 e. The molecule has 0 aliphatic heterocycles. The molecular formula is C31H31NO2S2. The van der Waals surface area contributed by atoms with Crippen molar-refractivity contribution in [3.8, 4) is 10.4 Å². The van der Waals surface area contributed by atoms with Gasteiger partial charge in [-0.1, -0.05) is 50.5 Å². The molecule has 2 aromatic carbocycles. The number of thiophene rings is 2. The Morgan fingerprint density at radius 3 is 2.50 bits per heavy atom. The zero-order valence-electron chi connectivity index (χ0n) is 20.8. The fourth-order valence-electron chi connectivity index (χ4n) is 4.93. The van der Waals surface area contributed by atoms with Crippen LogP contribution in [-0.4, -0.2) is 15.6 Å². The normalized spacial score (nSPS) is 11.8. The molecule has 36 heavy (non-hydrogen) atoms. The molecule has 5 rings (SSSR count). The number of aromatic carboxylic acids is 1. The van der Waals surface area contributed by atoms with Crippen molar-refractivity contribution in [3.05, 3.63) is 80.9 Å². The van der Waals surface area contributed by atoms with Crippen LogP contribution in [0.15, 0.2) is 60.7 Å². The lowest BCUT2D eigenvalue weighted by molar-refractivity contribution is 0.0702. The third-order valence-electron chi connectivity index (χ3n) is 6.75. The van der Waals surface area contributed by atoms with E-state index in [1.807, 2.05) is 17.4 Å². The topological polar surface area (TPSA) is 42.2 Å². The first kappa shape index (κ1) is 24.5. The number of para-hydroxylation sites is 1. The van der Waals surface area contributed by atoms with Crippen LogP contribution in [0.4, 0.5) is 0 Å². The second-order valence-corrected chi connectivity index (χ2v) is 11.3. The fourth-order valence-corrected chi connectivity index (χ4v) is 6.79. The number of aromatic nitrogens is 1. The van der Waals surface area contributed by atoms with Crippen molar-refractivity contribution >= 4 is 62.6 Å². The third-order valence-corrected chi connectivity index (χ3v) is 8.98. The van der Waals surface area contributed by atoms with E-state index in [4.69, 9.17) is 0 Å². The number of carbonyl (C=O) groups is 1. The summed E-state index contributed by atoms with van der Waals surface area (Å²) in [6, 6.07) is 21.5. The van der Waals surface area contributed by atoms with Gasteiger partial charge in [0.2, 0.25) is 0 Å². The lowest BCUT2D eigenvalue weighted by Gasteiger charge is -2.03. The first-order chi connectivity index (χ1) is 17.6. The molecule has 3 heterocycles. The second kappa shape index (κ2) is 10.9. The number of hydrogen-bond acceptors (Lipinski definition) is 3. The van der Waals surface area contributed by atoms with Crippen LogP contribution >= 0.6 is 22.7 Å². The van der Waals surface area contributed by atoms with Gasteiger partial charge in [-0.3, -0.25) is 0 Å². The van der Waals surface area contributed by atoms with Gasteiger partial charge in [-0.25, -0.2) is 4.79 Å². The summed E-state index contributed by atoms with van der Waals surface area (Å²) >= 11 is 3.15. The van der Waals surface area contributed by atoms with Crippen molar-refractivity contribution < 1.29 is 9.90 Å². The predicted molar refractivity (Wildman–Crippen MR) is 156 cm³/mol. The quantitative estimate of drug-likeness (QED) is 0.189. The predicted octanol–water partition coefficient (Wildman–Crippen LogP) is 9.60. The average molecular weight is 514 g/mol. The molecule has 0 unspecified atom stereocenters. The number of nitrogens with zero attached hydrogens (tertiary/aromatic N) is 1. The third kappa shape index (κ3) is 4.91. The van der Waals surface area contributed by atoms with E-state index in [0.717, 1.165) is 17.8 Å². The highest BCUT2D eigenvalue weighted by molar-refractivity contribution is 7.17. The minimum atomic E-state index is -0.866. The largest absolute Gasteiger partial charge is 0.477 e. The molecule has 0 fully saturated rings. The van der Waals surface area contributed by atoms with Gasteiger partial charge >= 0.3 is 5.97 Å². The Kier molecular flexibility index (Phi) is 7.40. The molecule has 0 atom stereocenters. The van der Waals surface area contributed by atoms with E-state index in [2.05, 4.69) is 79.1 Å². The van der Waals surface area contributed by atoms with Gasteiger partial charge in [0.05, 0.1) is 0 Å². The summed E-state index contributed by atoms with van der Waals surface area (Å²) in [6.45, 7) is 5.40. The highest BCUT2D eigenvalue weighted by Crippen LogP contribution is 2.38. The van der Waals surface area contributed by atoms with E-state index < -0.39 is 5.97 Å². The van der Waals surface area contributed by atoms with Crippen LogP contribution in [0.2, 0.25) is 0 Å². The smallest absolute Gasteiger partial charge is 0.345 e. The Balaban J connectivity index is 1.52. The number of benzene rings is 2. The average Bonchev–Trinajstić information content (AvgIpc) is 3.61. The Hall–Kier alpha value is -3.15. The van der Waals surface area contributed by atoms with Gasteiger partial charge in [0.15, 0.2) is 0 Å². The molecular weight excluding hydrogens is 482 g/mol. The number of rotatable bonds is 10. The molecule has 0 amide bonds. The van der Waals surface area contributed by atoms with E-state index in [0.29, 0.717) is 4.88 Å². The molecule has 0 saturated heterocycles. The summed E-state index contributed by atoms with van der Waals surface area (Å²) in [5.74, 6) is -0.866. The molecule has 5 aromatic rings. The number of carboxylic acid groups (broad SMARTS) is 1. The molecule has 0 radical (unpaired) electrons. The van der Waals surface area contributed by atoms with E-state index in [-0.39, 0.29) is 0 Å². The summed E-state index contributed by atoms with van der Waals surface area (Å²) < 4.78 is 2.39. The van der Waals surface area contributed by atoms with Gasteiger partial charge in [-0.05, 0) is 79.4 Å². The van der Waals surface area contributed by atoms with Crippen LogP contribution < -0.4 is 0 Å². The number of fused-ring (bicyclic) bond motifs is 3. The van der Waals surface area contributed by atoms with Crippen LogP contribution in [0.1, 0.15) is 64.5 Å². The lowest BCUT2D eigenvalue weighted by atomic mass is 10.0. The first-order valence-electron chi connectivity index (χ1n) is 12.7. The molecule has 3 aromatic heterocycles. The Morgan fingerprint density at radius 1 is 0.889 bits per heavy atom. The van der Waals surface area contributed by atoms with E-state index in [9.17, 15) is 9.90 Å². The van der Waals surface area contributed by atoms with E-state index >= 15 is 0 Å². The van der Waals surface area contributed by atoms with Crippen molar-refractivity contribution in [1.29, 1.82) is 0 Å². The number of unbranched alkanes of at least 4 members (excludes halogenated alkanes) is 3. The SMILES string of the molecule is CCCCCCc1cc(-c2ccc3c(c2)c2ccccc2n3CC)sc1/C=C/c1ccc(C(=O)O)s1. The summed E-state index contributed by atoms with van der Waals surface area (Å²) in [6.07, 6.45) is 10.2. The molecule has 5 heteroatoms. The van der Waals surface area contributed by atoms with Crippen molar-refractivity contribution in [3.63, 3.8) is 0 Å². The molecule has 1 N–H and O–H groups in total. The maximum absolute atomic E-state index is 11.3. The van der Waals surface area contributed by atoms with E-state index in [1.165, 1.54) is 79.7 Å². The molecule has 0 spiro atoms. The summed E-state index contributed by atoms with van der Waals surface area (Å²) in [5.41, 5.74) is 5.21. The number of hydrogen-bond donors (Lipinski definition) is 1. The molecule has 0 aliphatic rings. The highest BCUT2D eigenvalue weighted by atomic mass is 32.1. The zero-order valence-corrected chi connectivity index (χ0v) is 22.4. The zero-order chi connectivity index (χ0) is 25.1. The fraction of sp³-hybridized carbons (Fsp3) is 0.258. The van der Waals surface area contributed by atoms with Gasteiger partial charge in [-0.2, -0.15) is 0 Å². The minimum Gasteiger partial charge on any atom is -0.477 e. The maximum atomic E-state index is 11.3. The minimum absolute atomic E-state index is 0.376. The van der Waals surface area contributed by atoms with Gasteiger partial charge in [0.1, 0.15) is 4.88 Å². The molecule has 0 aliphatic carbocycles.